The highest BCUT2D eigenvalue weighted by molar-refractivity contribution is 7.99. The fraction of sp³-hybridized carbons (Fsp3) is 0.182. The van der Waals surface area contributed by atoms with Gasteiger partial charge in [0.25, 0.3) is 0 Å². The quantitative estimate of drug-likeness (QED) is 0.458. The van der Waals surface area contributed by atoms with Crippen LogP contribution < -0.4 is 4.74 Å². The summed E-state index contributed by atoms with van der Waals surface area (Å²) in [5.41, 5.74) is 0.339. The number of carbonyl (C=O) groups is 1. The molecule has 0 amide bonds. The average molecular weight is 460 g/mol. The molecule has 3 aromatic rings. The molecule has 2 aromatic carbocycles. The van der Waals surface area contributed by atoms with Crippen LogP contribution in [0.3, 0.4) is 0 Å². The first-order valence-electron chi connectivity index (χ1n) is 9.29. The molecule has 0 fully saturated rings. The Bertz CT molecular complexity index is 1130. The van der Waals surface area contributed by atoms with Gasteiger partial charge in [0, 0.05) is 29.3 Å². The molecule has 162 valence electrons. The number of benzene rings is 2. The Morgan fingerprint density at radius 2 is 1.65 bits per heavy atom. The number of nitrogens with zero attached hydrogens (tertiary/aromatic N) is 1. The van der Waals surface area contributed by atoms with Gasteiger partial charge in [-0.2, -0.15) is 0 Å². The molecule has 0 aliphatic carbocycles. The van der Waals surface area contributed by atoms with Crippen molar-refractivity contribution in [1.29, 1.82) is 0 Å². The smallest absolute Gasteiger partial charge is 0.307 e. The second-order valence-corrected chi connectivity index (χ2v) is 9.58. The van der Waals surface area contributed by atoms with Gasteiger partial charge >= 0.3 is 5.97 Å². The van der Waals surface area contributed by atoms with Crippen LogP contribution in [-0.4, -0.2) is 44.8 Å². The molecule has 3 rings (SSSR count). The minimum Gasteiger partial charge on any atom is -0.491 e. The lowest BCUT2D eigenvalue weighted by Gasteiger charge is -2.12. The van der Waals surface area contributed by atoms with Gasteiger partial charge in [-0.3, -0.25) is 9.78 Å². The molecule has 0 aliphatic heterocycles. The number of sulfone groups is 1. The first-order chi connectivity index (χ1) is 14.9. The van der Waals surface area contributed by atoms with Crippen molar-refractivity contribution in [3.8, 4) is 5.75 Å². The van der Waals surface area contributed by atoms with Crippen LogP contribution in [0.4, 0.5) is 0 Å². The number of carboxylic acid groups (broad SMARTS) is 1. The maximum absolute atomic E-state index is 13.2. The van der Waals surface area contributed by atoms with E-state index in [1.54, 1.807) is 24.5 Å². The zero-order valence-electron chi connectivity index (χ0n) is 16.7. The van der Waals surface area contributed by atoms with E-state index in [1.807, 2.05) is 12.1 Å². The van der Waals surface area contributed by atoms with Crippen molar-refractivity contribution in [2.24, 2.45) is 0 Å². The Balaban J connectivity index is 1.88. The summed E-state index contributed by atoms with van der Waals surface area (Å²) in [6.45, 7) is 0.537. The largest absolute Gasteiger partial charge is 0.491 e. The van der Waals surface area contributed by atoms with Gasteiger partial charge in [0.15, 0.2) is 0 Å². The van der Waals surface area contributed by atoms with E-state index in [9.17, 15) is 13.2 Å². The summed E-state index contributed by atoms with van der Waals surface area (Å²) in [7, 11) is -2.34. The number of hydrogen-bond donors (Lipinski definition) is 1. The highest BCUT2D eigenvalue weighted by Gasteiger charge is 2.20. The standard InChI is InChI=1S/C22H21NO6S2/c1-28-10-11-29-17-12-16(14-22(24)25)13-21(15-17)31(26,27)20-4-2-18(3-5-20)30-19-6-8-23-9-7-19/h2-9,12-13,15H,10-11,14H2,1H3,(H,24,25). The van der Waals surface area contributed by atoms with Crippen molar-refractivity contribution in [1.82, 2.24) is 4.98 Å². The van der Waals surface area contributed by atoms with Gasteiger partial charge in [0.1, 0.15) is 12.4 Å². The second-order valence-electron chi connectivity index (χ2n) is 6.48. The topological polar surface area (TPSA) is 103 Å². The van der Waals surface area contributed by atoms with Gasteiger partial charge in [-0.1, -0.05) is 11.8 Å². The van der Waals surface area contributed by atoms with E-state index < -0.39 is 15.8 Å². The van der Waals surface area contributed by atoms with Crippen molar-refractivity contribution in [3.05, 3.63) is 72.6 Å². The molecule has 1 N–H and O–H groups in total. The van der Waals surface area contributed by atoms with Gasteiger partial charge < -0.3 is 14.6 Å². The van der Waals surface area contributed by atoms with Gasteiger partial charge in [-0.15, -0.1) is 0 Å². The molecular weight excluding hydrogens is 438 g/mol. The normalized spacial score (nSPS) is 11.3. The minimum atomic E-state index is -3.86. The van der Waals surface area contributed by atoms with E-state index in [4.69, 9.17) is 14.6 Å². The highest BCUT2D eigenvalue weighted by atomic mass is 32.2. The molecule has 0 unspecified atom stereocenters. The van der Waals surface area contributed by atoms with E-state index in [0.717, 1.165) is 9.79 Å². The Morgan fingerprint density at radius 3 is 2.29 bits per heavy atom. The summed E-state index contributed by atoms with van der Waals surface area (Å²) >= 11 is 1.49. The first-order valence-corrected chi connectivity index (χ1v) is 11.6. The van der Waals surface area contributed by atoms with Crippen LogP contribution in [-0.2, 0) is 25.8 Å². The fourth-order valence-electron chi connectivity index (χ4n) is 2.75. The summed E-state index contributed by atoms with van der Waals surface area (Å²) in [6.07, 6.45) is 3.07. The predicted octanol–water partition coefficient (Wildman–Crippen LogP) is 3.72. The second kappa shape index (κ2) is 10.4. The van der Waals surface area contributed by atoms with E-state index in [0.29, 0.717) is 12.2 Å². The third-order valence-corrected chi connectivity index (χ3v) is 6.95. The molecule has 1 heterocycles. The molecular formula is C22H21NO6S2. The Hall–Kier alpha value is -2.88. The van der Waals surface area contributed by atoms with E-state index in [1.165, 1.54) is 49.2 Å². The van der Waals surface area contributed by atoms with Gasteiger partial charge in [0.2, 0.25) is 9.84 Å². The fourth-order valence-corrected chi connectivity index (χ4v) is 4.90. The van der Waals surface area contributed by atoms with Crippen LogP contribution >= 0.6 is 11.8 Å². The number of hydrogen-bond acceptors (Lipinski definition) is 7. The zero-order chi connectivity index (χ0) is 22.3. The molecule has 0 radical (unpaired) electrons. The van der Waals surface area contributed by atoms with Crippen molar-refractivity contribution in [2.45, 2.75) is 26.0 Å². The average Bonchev–Trinajstić information content (AvgIpc) is 2.74. The van der Waals surface area contributed by atoms with E-state index in [-0.39, 0.29) is 28.6 Å². The maximum atomic E-state index is 13.2. The number of aliphatic carboxylic acids is 1. The monoisotopic (exact) mass is 459 g/mol. The molecule has 0 saturated carbocycles. The van der Waals surface area contributed by atoms with Crippen molar-refractivity contribution in [3.63, 3.8) is 0 Å². The molecule has 0 saturated heterocycles. The summed E-state index contributed by atoms with van der Waals surface area (Å²) in [4.78, 5) is 17.1. The Morgan fingerprint density at radius 1 is 0.968 bits per heavy atom. The molecule has 9 heteroatoms. The number of pyridine rings is 1. The third kappa shape index (κ3) is 6.30. The zero-order valence-corrected chi connectivity index (χ0v) is 18.4. The van der Waals surface area contributed by atoms with E-state index >= 15 is 0 Å². The molecule has 0 aliphatic rings. The van der Waals surface area contributed by atoms with Crippen LogP contribution in [0.25, 0.3) is 0 Å². The summed E-state index contributed by atoms with van der Waals surface area (Å²) in [5.74, 6) is -0.783. The number of ether oxygens (including phenoxy) is 2. The van der Waals surface area contributed by atoms with Crippen molar-refractivity contribution < 1.29 is 27.8 Å². The predicted molar refractivity (Wildman–Crippen MR) is 115 cm³/mol. The molecule has 0 spiro atoms. The summed E-state index contributed by atoms with van der Waals surface area (Å²) in [6, 6.07) is 14.6. The highest BCUT2D eigenvalue weighted by Crippen LogP contribution is 2.31. The number of carboxylic acids is 1. The number of aromatic nitrogens is 1. The number of methoxy groups -OCH3 is 1. The molecule has 7 nitrogen and oxygen atoms in total. The van der Waals surface area contributed by atoms with Crippen LogP contribution in [0.5, 0.6) is 5.75 Å². The lowest BCUT2D eigenvalue weighted by atomic mass is 10.1. The SMILES string of the molecule is COCCOc1cc(CC(=O)O)cc(S(=O)(=O)c2ccc(Sc3ccncc3)cc2)c1. The van der Waals surface area contributed by atoms with Crippen LogP contribution in [0, 0.1) is 0 Å². The minimum absolute atomic E-state index is 0.0202. The summed E-state index contributed by atoms with van der Waals surface area (Å²) < 4.78 is 36.8. The molecule has 1 aromatic heterocycles. The molecule has 0 bridgehead atoms. The van der Waals surface area contributed by atoms with Gasteiger partial charge in [-0.25, -0.2) is 8.42 Å². The number of rotatable bonds is 10. The van der Waals surface area contributed by atoms with Gasteiger partial charge in [0.05, 0.1) is 22.8 Å². The molecule has 31 heavy (non-hydrogen) atoms. The van der Waals surface area contributed by atoms with Gasteiger partial charge in [-0.05, 0) is 60.2 Å². The van der Waals surface area contributed by atoms with Crippen molar-refractivity contribution in [2.75, 3.05) is 20.3 Å². The van der Waals surface area contributed by atoms with Crippen LogP contribution in [0.15, 0.2) is 86.6 Å². The third-order valence-electron chi connectivity index (χ3n) is 4.18. The lowest BCUT2D eigenvalue weighted by molar-refractivity contribution is -0.136. The summed E-state index contributed by atoms with van der Waals surface area (Å²) in [5, 5.41) is 9.12. The Labute approximate surface area is 185 Å². The van der Waals surface area contributed by atoms with Crippen LogP contribution in [0.1, 0.15) is 5.56 Å². The first kappa shape index (κ1) is 22.8. The maximum Gasteiger partial charge on any atom is 0.307 e. The van der Waals surface area contributed by atoms with Crippen LogP contribution in [0.2, 0.25) is 0 Å². The molecule has 0 atom stereocenters. The van der Waals surface area contributed by atoms with Crippen molar-refractivity contribution >= 4 is 27.6 Å². The lowest BCUT2D eigenvalue weighted by Crippen LogP contribution is -2.08. The Kier molecular flexibility index (Phi) is 7.67. The van der Waals surface area contributed by atoms with E-state index in [2.05, 4.69) is 4.98 Å².